The van der Waals surface area contributed by atoms with Gasteiger partial charge in [-0.05, 0) is 35.7 Å². The minimum atomic E-state index is 0.115. The molecule has 1 N–H and O–H groups in total. The van der Waals surface area contributed by atoms with E-state index in [1.807, 2.05) is 12.1 Å². The number of nitrogens with one attached hydrogen (secondary N) is 1. The largest absolute Gasteiger partial charge is 0.493 e. The summed E-state index contributed by atoms with van der Waals surface area (Å²) in [5, 5.41) is 5.58. The summed E-state index contributed by atoms with van der Waals surface area (Å²) in [6.45, 7) is 2.97. The van der Waals surface area contributed by atoms with Crippen LogP contribution in [0.2, 0.25) is 0 Å². The molecule has 2 rings (SSSR count). The van der Waals surface area contributed by atoms with Crippen LogP contribution in [-0.4, -0.2) is 27.9 Å². The minimum Gasteiger partial charge on any atom is -0.493 e. The van der Waals surface area contributed by atoms with Gasteiger partial charge in [0.1, 0.15) is 0 Å². The van der Waals surface area contributed by atoms with E-state index in [9.17, 15) is 0 Å². The first-order valence-electron chi connectivity index (χ1n) is 6.81. The Balaban J connectivity index is 2.50. The van der Waals surface area contributed by atoms with Crippen LogP contribution >= 0.6 is 11.3 Å². The third-order valence-corrected chi connectivity index (χ3v) is 4.19. The van der Waals surface area contributed by atoms with Gasteiger partial charge in [-0.1, -0.05) is 13.0 Å². The van der Waals surface area contributed by atoms with Crippen LogP contribution in [0.5, 0.6) is 17.2 Å². The van der Waals surface area contributed by atoms with Crippen LogP contribution < -0.4 is 19.5 Å². The van der Waals surface area contributed by atoms with E-state index in [-0.39, 0.29) is 6.04 Å². The zero-order valence-corrected chi connectivity index (χ0v) is 13.6. The van der Waals surface area contributed by atoms with Crippen LogP contribution in [0.4, 0.5) is 0 Å². The van der Waals surface area contributed by atoms with E-state index in [1.165, 1.54) is 4.88 Å². The quantitative estimate of drug-likeness (QED) is 0.850. The van der Waals surface area contributed by atoms with Gasteiger partial charge >= 0.3 is 0 Å². The second kappa shape index (κ2) is 7.33. The minimum absolute atomic E-state index is 0.115. The molecule has 5 heteroatoms. The summed E-state index contributed by atoms with van der Waals surface area (Å²) in [6, 6.07) is 8.29. The van der Waals surface area contributed by atoms with Gasteiger partial charge in [-0.3, -0.25) is 0 Å². The highest BCUT2D eigenvalue weighted by molar-refractivity contribution is 7.10. The summed E-state index contributed by atoms with van der Waals surface area (Å²) in [5.41, 5.74) is 1.09. The molecule has 0 spiro atoms. The predicted octanol–water partition coefficient (Wildman–Crippen LogP) is 3.47. The Bertz CT molecular complexity index is 544. The van der Waals surface area contributed by atoms with Crippen LogP contribution in [0.15, 0.2) is 29.6 Å². The first-order valence-corrected chi connectivity index (χ1v) is 7.69. The molecule has 0 bridgehead atoms. The third-order valence-electron chi connectivity index (χ3n) is 3.26. The number of ether oxygens (including phenoxy) is 3. The van der Waals surface area contributed by atoms with E-state index in [4.69, 9.17) is 14.2 Å². The SMILES string of the molecule is CCNC(c1cc(OC)c(OC)c(OC)c1)c1cccs1. The lowest BCUT2D eigenvalue weighted by atomic mass is 10.0. The fourth-order valence-electron chi connectivity index (χ4n) is 2.31. The molecule has 1 aromatic heterocycles. The number of thiophene rings is 1. The van der Waals surface area contributed by atoms with Crippen molar-refractivity contribution in [3.8, 4) is 17.2 Å². The molecular formula is C16H21NO3S. The number of hydrogen-bond acceptors (Lipinski definition) is 5. The summed E-state index contributed by atoms with van der Waals surface area (Å²) < 4.78 is 16.2. The molecule has 0 saturated heterocycles. The summed E-state index contributed by atoms with van der Waals surface area (Å²) in [7, 11) is 4.88. The second-order valence-electron chi connectivity index (χ2n) is 4.46. The van der Waals surface area contributed by atoms with Gasteiger partial charge in [-0.25, -0.2) is 0 Å². The summed E-state index contributed by atoms with van der Waals surface area (Å²) in [6.07, 6.45) is 0. The van der Waals surface area contributed by atoms with Crippen LogP contribution in [-0.2, 0) is 0 Å². The van der Waals surface area contributed by atoms with Crippen LogP contribution in [0, 0.1) is 0 Å². The Kier molecular flexibility index (Phi) is 5.47. The van der Waals surface area contributed by atoms with E-state index in [1.54, 1.807) is 32.7 Å². The van der Waals surface area contributed by atoms with Gasteiger partial charge in [0.15, 0.2) is 11.5 Å². The molecule has 0 amide bonds. The van der Waals surface area contributed by atoms with Crippen molar-refractivity contribution >= 4 is 11.3 Å². The molecule has 0 saturated carbocycles. The maximum atomic E-state index is 5.44. The van der Waals surface area contributed by atoms with Crippen molar-refractivity contribution < 1.29 is 14.2 Å². The van der Waals surface area contributed by atoms with E-state index < -0.39 is 0 Å². The second-order valence-corrected chi connectivity index (χ2v) is 5.44. The summed E-state index contributed by atoms with van der Waals surface area (Å²) in [4.78, 5) is 1.26. The standard InChI is InChI=1S/C16H21NO3S/c1-5-17-15(14-7-6-8-21-14)11-9-12(18-2)16(20-4)13(10-11)19-3/h6-10,15,17H,5H2,1-4H3. The number of methoxy groups -OCH3 is 3. The van der Waals surface area contributed by atoms with Crippen LogP contribution in [0.3, 0.4) is 0 Å². The van der Waals surface area contributed by atoms with Gasteiger partial charge in [0.2, 0.25) is 5.75 Å². The summed E-state index contributed by atoms with van der Waals surface area (Å²) >= 11 is 1.73. The fourth-order valence-corrected chi connectivity index (χ4v) is 3.14. The van der Waals surface area contributed by atoms with E-state index in [2.05, 4.69) is 29.8 Å². The molecule has 0 fully saturated rings. The van der Waals surface area contributed by atoms with Gasteiger partial charge in [0.05, 0.1) is 27.4 Å². The molecule has 1 aromatic carbocycles. The van der Waals surface area contributed by atoms with Gasteiger partial charge in [0.25, 0.3) is 0 Å². The predicted molar refractivity (Wildman–Crippen MR) is 85.9 cm³/mol. The molecular weight excluding hydrogens is 286 g/mol. The monoisotopic (exact) mass is 307 g/mol. The third kappa shape index (κ3) is 3.31. The molecule has 1 heterocycles. The highest BCUT2D eigenvalue weighted by Gasteiger charge is 2.20. The van der Waals surface area contributed by atoms with Crippen molar-refractivity contribution in [1.82, 2.24) is 5.32 Å². The smallest absolute Gasteiger partial charge is 0.203 e. The topological polar surface area (TPSA) is 39.7 Å². The number of hydrogen-bond donors (Lipinski definition) is 1. The maximum Gasteiger partial charge on any atom is 0.203 e. The maximum absolute atomic E-state index is 5.44. The molecule has 21 heavy (non-hydrogen) atoms. The van der Waals surface area contributed by atoms with Crippen molar-refractivity contribution in [2.75, 3.05) is 27.9 Å². The Hall–Kier alpha value is -1.72. The first kappa shape index (κ1) is 15.7. The van der Waals surface area contributed by atoms with Crippen molar-refractivity contribution in [1.29, 1.82) is 0 Å². The van der Waals surface area contributed by atoms with E-state index >= 15 is 0 Å². The van der Waals surface area contributed by atoms with Crippen molar-refractivity contribution in [3.63, 3.8) is 0 Å². The number of rotatable bonds is 7. The zero-order valence-electron chi connectivity index (χ0n) is 12.8. The lowest BCUT2D eigenvalue weighted by Crippen LogP contribution is -2.21. The van der Waals surface area contributed by atoms with Gasteiger partial charge < -0.3 is 19.5 Å². The molecule has 114 valence electrons. The highest BCUT2D eigenvalue weighted by atomic mass is 32.1. The van der Waals surface area contributed by atoms with Crippen LogP contribution in [0.25, 0.3) is 0 Å². The van der Waals surface area contributed by atoms with E-state index in [0.29, 0.717) is 17.2 Å². The average Bonchev–Trinajstić information content (AvgIpc) is 3.05. The first-order chi connectivity index (χ1) is 10.2. The van der Waals surface area contributed by atoms with Crippen molar-refractivity contribution in [3.05, 3.63) is 40.1 Å². The van der Waals surface area contributed by atoms with Gasteiger partial charge in [-0.15, -0.1) is 11.3 Å². The lowest BCUT2D eigenvalue weighted by Gasteiger charge is -2.20. The Morgan fingerprint density at radius 2 is 1.76 bits per heavy atom. The normalized spacial score (nSPS) is 12.0. The summed E-state index contributed by atoms with van der Waals surface area (Å²) in [5.74, 6) is 1.96. The Morgan fingerprint density at radius 1 is 1.10 bits per heavy atom. The Labute approximate surface area is 129 Å². The molecule has 0 aliphatic carbocycles. The number of benzene rings is 1. The molecule has 1 unspecified atom stereocenters. The van der Waals surface area contributed by atoms with Gasteiger partial charge in [0, 0.05) is 4.88 Å². The highest BCUT2D eigenvalue weighted by Crippen LogP contribution is 2.41. The Morgan fingerprint density at radius 3 is 2.19 bits per heavy atom. The lowest BCUT2D eigenvalue weighted by molar-refractivity contribution is 0.323. The molecule has 1 atom stereocenters. The molecule has 0 aliphatic rings. The molecule has 2 aromatic rings. The van der Waals surface area contributed by atoms with Gasteiger partial charge in [-0.2, -0.15) is 0 Å². The van der Waals surface area contributed by atoms with Crippen molar-refractivity contribution in [2.45, 2.75) is 13.0 Å². The van der Waals surface area contributed by atoms with Crippen molar-refractivity contribution in [2.24, 2.45) is 0 Å². The zero-order chi connectivity index (χ0) is 15.2. The van der Waals surface area contributed by atoms with E-state index in [0.717, 1.165) is 12.1 Å². The van der Waals surface area contributed by atoms with Crippen LogP contribution in [0.1, 0.15) is 23.4 Å². The molecule has 4 nitrogen and oxygen atoms in total. The average molecular weight is 307 g/mol. The fraction of sp³-hybridized carbons (Fsp3) is 0.375. The molecule has 0 aliphatic heterocycles. The molecule has 0 radical (unpaired) electrons.